The van der Waals surface area contributed by atoms with Crippen molar-refractivity contribution in [1.82, 2.24) is 10.7 Å². The van der Waals surface area contributed by atoms with Crippen LogP contribution in [0.1, 0.15) is 19.3 Å². The molecule has 2 aliphatic heterocycles. The predicted molar refractivity (Wildman–Crippen MR) is 90.8 cm³/mol. The summed E-state index contributed by atoms with van der Waals surface area (Å²) in [6.45, 7) is 0.737. The largest absolute Gasteiger partial charge is 0.497 e. The first-order valence-corrected chi connectivity index (χ1v) is 8.71. The number of hydrogen-bond donors (Lipinski definition) is 2. The third kappa shape index (κ3) is 2.59. The number of hydrazine groups is 1. The molecule has 4 rings (SSSR count). The lowest BCUT2D eigenvalue weighted by molar-refractivity contribution is -0.121. The lowest BCUT2D eigenvalue weighted by Gasteiger charge is -2.44. The Bertz CT molecular complexity index is 606. The number of nitrogens with one attached hydrogen (secondary N) is 2. The molecule has 2 saturated heterocycles. The van der Waals surface area contributed by atoms with E-state index in [0.717, 1.165) is 37.2 Å². The Labute approximate surface area is 142 Å². The molecule has 3 fully saturated rings. The molecule has 1 aliphatic carbocycles. The molecule has 6 heteroatoms. The number of benzene rings is 1. The van der Waals surface area contributed by atoms with Gasteiger partial charge in [-0.1, -0.05) is 0 Å². The molecule has 0 spiro atoms. The Balaban J connectivity index is 1.52. The van der Waals surface area contributed by atoms with Gasteiger partial charge in [-0.25, -0.2) is 10.4 Å². The van der Waals surface area contributed by atoms with E-state index in [9.17, 15) is 4.79 Å². The zero-order valence-electron chi connectivity index (χ0n) is 14.2. The van der Waals surface area contributed by atoms with Gasteiger partial charge >= 0.3 is 0 Å². The summed E-state index contributed by atoms with van der Waals surface area (Å²) in [6.07, 6.45) is 3.53. The van der Waals surface area contributed by atoms with Crippen LogP contribution < -0.4 is 20.5 Å². The molecule has 0 aromatic heterocycles. The number of fused-ring (bicyclic) bond motifs is 3. The summed E-state index contributed by atoms with van der Waals surface area (Å²) in [6, 6.07) is 8.26. The maximum absolute atomic E-state index is 12.9. The second kappa shape index (κ2) is 6.35. The molecule has 1 aromatic carbocycles. The van der Waals surface area contributed by atoms with E-state index in [2.05, 4.69) is 10.7 Å². The highest BCUT2D eigenvalue weighted by molar-refractivity contribution is 5.97. The third-order valence-corrected chi connectivity index (χ3v) is 5.83. The number of piperidine rings is 1. The van der Waals surface area contributed by atoms with Crippen molar-refractivity contribution in [2.24, 2.45) is 11.8 Å². The normalized spacial score (nSPS) is 35.5. The first-order chi connectivity index (χ1) is 11.7. The number of amides is 1. The van der Waals surface area contributed by atoms with Crippen molar-refractivity contribution >= 4 is 11.6 Å². The molecule has 1 amide bonds. The molecule has 0 radical (unpaired) electrons. The van der Waals surface area contributed by atoms with Gasteiger partial charge in [-0.05, 0) is 49.4 Å². The van der Waals surface area contributed by atoms with E-state index in [1.165, 1.54) is 0 Å². The van der Waals surface area contributed by atoms with E-state index in [1.807, 2.05) is 24.3 Å². The molecule has 24 heavy (non-hydrogen) atoms. The third-order valence-electron chi connectivity index (χ3n) is 5.83. The standard InChI is InChI=1S/C18H25N3O3/c1-23-12-5-3-11(4-6-12)21-18(22)15-10-19-16-9-13(24-2)7-8-14(16)17(15)20-21/h3-6,13-17,19-20H,7-10H2,1-2H3. The van der Waals surface area contributed by atoms with Crippen LogP contribution in [0.5, 0.6) is 5.75 Å². The van der Waals surface area contributed by atoms with Gasteiger partial charge in [0, 0.05) is 25.7 Å². The molecular formula is C18H25N3O3. The summed E-state index contributed by atoms with van der Waals surface area (Å²) in [7, 11) is 3.43. The maximum Gasteiger partial charge on any atom is 0.247 e. The monoisotopic (exact) mass is 331 g/mol. The second-order valence-corrected chi connectivity index (χ2v) is 6.98. The first-order valence-electron chi connectivity index (χ1n) is 8.71. The van der Waals surface area contributed by atoms with Gasteiger partial charge in [0.2, 0.25) is 5.91 Å². The minimum atomic E-state index is 0.00689. The van der Waals surface area contributed by atoms with Gasteiger partial charge in [0.1, 0.15) is 5.75 Å². The molecule has 5 atom stereocenters. The Morgan fingerprint density at radius 3 is 2.67 bits per heavy atom. The average molecular weight is 331 g/mol. The van der Waals surface area contributed by atoms with Crippen LogP contribution in [0, 0.1) is 11.8 Å². The molecule has 2 N–H and O–H groups in total. The van der Waals surface area contributed by atoms with Crippen LogP contribution in [0.4, 0.5) is 5.69 Å². The van der Waals surface area contributed by atoms with Crippen LogP contribution in [-0.2, 0) is 9.53 Å². The van der Waals surface area contributed by atoms with Crippen LogP contribution in [0.3, 0.4) is 0 Å². The smallest absolute Gasteiger partial charge is 0.247 e. The van der Waals surface area contributed by atoms with Crippen LogP contribution in [0.25, 0.3) is 0 Å². The summed E-state index contributed by atoms with van der Waals surface area (Å²) >= 11 is 0. The van der Waals surface area contributed by atoms with E-state index < -0.39 is 0 Å². The number of ether oxygens (including phenoxy) is 2. The van der Waals surface area contributed by atoms with Gasteiger partial charge in [-0.3, -0.25) is 4.79 Å². The minimum Gasteiger partial charge on any atom is -0.497 e. The lowest BCUT2D eigenvalue weighted by atomic mass is 9.72. The van der Waals surface area contributed by atoms with E-state index in [1.54, 1.807) is 19.2 Å². The van der Waals surface area contributed by atoms with Crippen molar-refractivity contribution in [1.29, 1.82) is 0 Å². The molecule has 5 unspecified atom stereocenters. The van der Waals surface area contributed by atoms with Crippen LogP contribution in [-0.4, -0.2) is 44.9 Å². The van der Waals surface area contributed by atoms with E-state index >= 15 is 0 Å². The van der Waals surface area contributed by atoms with Gasteiger partial charge < -0.3 is 14.8 Å². The van der Waals surface area contributed by atoms with E-state index in [4.69, 9.17) is 9.47 Å². The number of hydrogen-bond acceptors (Lipinski definition) is 5. The summed E-state index contributed by atoms with van der Waals surface area (Å²) in [4.78, 5) is 12.9. The van der Waals surface area contributed by atoms with Gasteiger partial charge in [-0.15, -0.1) is 0 Å². The fourth-order valence-electron chi connectivity index (χ4n) is 4.48. The SMILES string of the molecule is COc1ccc(N2NC3C(CNC4CC(OC)CCC43)C2=O)cc1. The van der Waals surface area contributed by atoms with Gasteiger partial charge in [0.25, 0.3) is 0 Å². The Hall–Kier alpha value is -1.63. The number of methoxy groups -OCH3 is 2. The summed E-state index contributed by atoms with van der Waals surface area (Å²) in [5, 5.41) is 5.31. The number of carbonyl (C=O) groups is 1. The van der Waals surface area contributed by atoms with Crippen molar-refractivity contribution in [3.8, 4) is 5.75 Å². The molecule has 2 heterocycles. The van der Waals surface area contributed by atoms with Crippen molar-refractivity contribution in [2.75, 3.05) is 25.8 Å². The molecule has 1 saturated carbocycles. The van der Waals surface area contributed by atoms with Crippen LogP contribution in [0.15, 0.2) is 24.3 Å². The number of carbonyl (C=O) groups excluding carboxylic acids is 1. The highest BCUT2D eigenvalue weighted by Gasteiger charge is 2.50. The van der Waals surface area contributed by atoms with Crippen molar-refractivity contribution in [2.45, 2.75) is 37.5 Å². The number of nitrogens with zero attached hydrogens (tertiary/aromatic N) is 1. The first kappa shape index (κ1) is 15.9. The molecular weight excluding hydrogens is 306 g/mol. The van der Waals surface area contributed by atoms with Crippen LogP contribution in [0.2, 0.25) is 0 Å². The average Bonchev–Trinajstić information content (AvgIpc) is 2.98. The Kier molecular flexibility index (Phi) is 4.20. The number of rotatable bonds is 3. The summed E-state index contributed by atoms with van der Waals surface area (Å²) in [5.74, 6) is 1.43. The highest BCUT2D eigenvalue weighted by Crippen LogP contribution is 2.38. The van der Waals surface area contributed by atoms with Gasteiger partial charge in [0.05, 0.1) is 24.8 Å². The highest BCUT2D eigenvalue weighted by atomic mass is 16.5. The molecule has 1 aromatic rings. The van der Waals surface area contributed by atoms with Crippen molar-refractivity contribution in [3.63, 3.8) is 0 Å². The van der Waals surface area contributed by atoms with E-state index in [0.29, 0.717) is 18.1 Å². The predicted octanol–water partition coefficient (Wildman–Crippen LogP) is 1.32. The fourth-order valence-corrected chi connectivity index (χ4v) is 4.48. The molecule has 3 aliphatic rings. The van der Waals surface area contributed by atoms with Crippen molar-refractivity contribution < 1.29 is 14.3 Å². The molecule has 0 bridgehead atoms. The van der Waals surface area contributed by atoms with Gasteiger partial charge in [0.15, 0.2) is 0 Å². The zero-order valence-corrected chi connectivity index (χ0v) is 14.2. The Morgan fingerprint density at radius 1 is 1.17 bits per heavy atom. The molecule has 130 valence electrons. The van der Waals surface area contributed by atoms with Crippen LogP contribution >= 0.6 is 0 Å². The summed E-state index contributed by atoms with van der Waals surface area (Å²) < 4.78 is 10.7. The van der Waals surface area contributed by atoms with Gasteiger partial charge in [-0.2, -0.15) is 0 Å². The molecule has 6 nitrogen and oxygen atoms in total. The minimum absolute atomic E-state index is 0.00689. The van der Waals surface area contributed by atoms with E-state index in [-0.39, 0.29) is 17.9 Å². The Morgan fingerprint density at radius 2 is 1.96 bits per heavy atom. The zero-order chi connectivity index (χ0) is 16.7. The lowest BCUT2D eigenvalue weighted by Crippen LogP contribution is -2.58. The topological polar surface area (TPSA) is 62.8 Å². The fraction of sp³-hybridized carbons (Fsp3) is 0.611. The maximum atomic E-state index is 12.9. The summed E-state index contributed by atoms with van der Waals surface area (Å²) in [5.41, 5.74) is 4.36. The number of anilines is 1. The quantitative estimate of drug-likeness (QED) is 0.875. The second-order valence-electron chi connectivity index (χ2n) is 6.98. The van der Waals surface area contributed by atoms with Crippen molar-refractivity contribution in [3.05, 3.63) is 24.3 Å².